The van der Waals surface area contributed by atoms with Crippen molar-refractivity contribution in [2.75, 3.05) is 19.8 Å². The highest BCUT2D eigenvalue weighted by atomic mass is 16.6. The molecule has 0 N–H and O–H groups in total. The van der Waals surface area contributed by atoms with Gasteiger partial charge in [0.25, 0.3) is 5.69 Å². The van der Waals surface area contributed by atoms with Gasteiger partial charge in [-0.15, -0.1) is 0 Å². The molecular formula is C20H25NO9. The summed E-state index contributed by atoms with van der Waals surface area (Å²) in [6.45, 7) is 4.71. The Bertz CT molecular complexity index is 768. The lowest BCUT2D eigenvalue weighted by Gasteiger charge is -2.28. The van der Waals surface area contributed by atoms with Crippen molar-refractivity contribution in [3.8, 4) is 0 Å². The van der Waals surface area contributed by atoms with Crippen LogP contribution in [-0.2, 0) is 28.6 Å². The van der Waals surface area contributed by atoms with Gasteiger partial charge >= 0.3 is 17.9 Å². The maximum absolute atomic E-state index is 12.8. The molecule has 0 heterocycles. The molecule has 10 heteroatoms. The van der Waals surface area contributed by atoms with Crippen LogP contribution in [0.4, 0.5) is 5.69 Å². The number of non-ortho nitro benzene ring substituents is 1. The van der Waals surface area contributed by atoms with Crippen molar-refractivity contribution in [3.63, 3.8) is 0 Å². The predicted molar refractivity (Wildman–Crippen MR) is 104 cm³/mol. The molecule has 0 aliphatic carbocycles. The van der Waals surface area contributed by atoms with Crippen LogP contribution in [0.15, 0.2) is 24.3 Å². The van der Waals surface area contributed by atoms with Crippen molar-refractivity contribution < 1.29 is 38.3 Å². The molecule has 0 atom stereocenters. The second kappa shape index (κ2) is 11.6. The van der Waals surface area contributed by atoms with Gasteiger partial charge < -0.3 is 14.2 Å². The fourth-order valence-corrected chi connectivity index (χ4v) is 2.75. The van der Waals surface area contributed by atoms with Crippen molar-refractivity contribution >= 4 is 29.4 Å². The van der Waals surface area contributed by atoms with Gasteiger partial charge in [-0.25, -0.2) is 0 Å². The smallest absolute Gasteiger partial charge is 0.323 e. The van der Waals surface area contributed by atoms with Gasteiger partial charge in [0, 0.05) is 30.5 Å². The molecule has 30 heavy (non-hydrogen) atoms. The molecule has 0 bridgehead atoms. The Morgan fingerprint density at radius 2 is 1.40 bits per heavy atom. The lowest BCUT2D eigenvalue weighted by Crippen LogP contribution is -2.44. The average Bonchev–Trinajstić information content (AvgIpc) is 2.71. The SMILES string of the molecule is CCOC(=O)CCC(CC(=O)c1ccc([N+](=O)[O-])cc1)(C(=O)OCC)C(=O)OCC. The van der Waals surface area contributed by atoms with Crippen molar-refractivity contribution in [2.45, 2.75) is 40.0 Å². The van der Waals surface area contributed by atoms with E-state index in [2.05, 4.69) is 0 Å². The van der Waals surface area contributed by atoms with Crippen LogP contribution in [0.3, 0.4) is 0 Å². The quantitative estimate of drug-likeness (QED) is 0.124. The minimum atomic E-state index is -2.04. The molecule has 0 fully saturated rings. The third kappa shape index (κ3) is 6.36. The summed E-state index contributed by atoms with van der Waals surface area (Å²) in [6.07, 6.45) is -1.27. The van der Waals surface area contributed by atoms with Crippen LogP contribution in [0, 0.1) is 15.5 Å². The highest BCUT2D eigenvalue weighted by Gasteiger charge is 2.50. The summed E-state index contributed by atoms with van der Waals surface area (Å²) in [6, 6.07) is 4.74. The normalized spacial score (nSPS) is 10.8. The summed E-state index contributed by atoms with van der Waals surface area (Å²) in [5.41, 5.74) is -2.19. The minimum Gasteiger partial charge on any atom is -0.466 e. The molecule has 0 aromatic heterocycles. The number of benzene rings is 1. The summed E-state index contributed by atoms with van der Waals surface area (Å²) >= 11 is 0. The van der Waals surface area contributed by atoms with Crippen molar-refractivity contribution in [1.82, 2.24) is 0 Å². The van der Waals surface area contributed by atoms with E-state index < -0.39 is 40.5 Å². The Labute approximate surface area is 173 Å². The Morgan fingerprint density at radius 1 is 0.900 bits per heavy atom. The van der Waals surface area contributed by atoms with Crippen molar-refractivity contribution in [3.05, 3.63) is 39.9 Å². The fourth-order valence-electron chi connectivity index (χ4n) is 2.75. The zero-order valence-corrected chi connectivity index (χ0v) is 17.2. The molecule has 0 spiro atoms. The van der Waals surface area contributed by atoms with Gasteiger partial charge in [0.2, 0.25) is 0 Å². The second-order valence-corrected chi connectivity index (χ2v) is 6.23. The monoisotopic (exact) mass is 423 g/mol. The lowest BCUT2D eigenvalue weighted by atomic mass is 9.77. The van der Waals surface area contributed by atoms with Crippen LogP contribution in [-0.4, -0.2) is 48.4 Å². The minimum absolute atomic E-state index is 0.0505. The number of carbonyl (C=O) groups excluding carboxylic acids is 4. The second-order valence-electron chi connectivity index (χ2n) is 6.23. The van der Waals surface area contributed by atoms with Crippen LogP contribution in [0.2, 0.25) is 0 Å². The van der Waals surface area contributed by atoms with E-state index in [4.69, 9.17) is 14.2 Å². The Balaban J connectivity index is 3.27. The highest BCUT2D eigenvalue weighted by molar-refractivity contribution is 6.07. The van der Waals surface area contributed by atoms with E-state index >= 15 is 0 Å². The number of nitrogens with zero attached hydrogens (tertiary/aromatic N) is 1. The van der Waals surface area contributed by atoms with E-state index in [1.807, 2.05) is 0 Å². The first kappa shape index (κ1) is 24.7. The first-order valence-corrected chi connectivity index (χ1v) is 9.49. The van der Waals surface area contributed by atoms with Gasteiger partial charge in [-0.1, -0.05) is 0 Å². The number of hydrogen-bond donors (Lipinski definition) is 0. The van der Waals surface area contributed by atoms with Gasteiger partial charge in [-0.2, -0.15) is 0 Å². The largest absolute Gasteiger partial charge is 0.466 e. The molecule has 10 nitrogen and oxygen atoms in total. The van der Waals surface area contributed by atoms with E-state index in [0.717, 1.165) is 12.1 Å². The molecule has 0 amide bonds. The summed E-state index contributed by atoms with van der Waals surface area (Å²) in [5, 5.41) is 10.8. The summed E-state index contributed by atoms with van der Waals surface area (Å²) in [5.74, 6) is -3.24. The first-order valence-electron chi connectivity index (χ1n) is 9.49. The summed E-state index contributed by atoms with van der Waals surface area (Å²) in [4.78, 5) is 60.3. The number of esters is 3. The van der Waals surface area contributed by atoms with E-state index in [1.54, 1.807) is 6.92 Å². The standard InChI is InChI=1S/C20H25NO9/c1-4-28-17(23)11-12-20(18(24)29-5-2,19(25)30-6-3)13-16(22)14-7-9-15(10-8-14)21(26)27/h7-10H,4-6,11-13H2,1-3H3. The molecule has 1 aromatic carbocycles. The van der Waals surface area contributed by atoms with E-state index in [0.29, 0.717) is 0 Å². The van der Waals surface area contributed by atoms with E-state index in [1.165, 1.54) is 26.0 Å². The molecule has 0 saturated heterocycles. The van der Waals surface area contributed by atoms with E-state index in [-0.39, 0.29) is 43.9 Å². The fraction of sp³-hybridized carbons (Fsp3) is 0.500. The van der Waals surface area contributed by atoms with Crippen LogP contribution >= 0.6 is 0 Å². The Morgan fingerprint density at radius 3 is 1.83 bits per heavy atom. The number of nitro groups is 1. The molecule has 0 aliphatic rings. The zero-order valence-electron chi connectivity index (χ0n) is 17.2. The van der Waals surface area contributed by atoms with Gasteiger partial charge in [0.05, 0.1) is 24.7 Å². The number of ketones is 1. The predicted octanol–water partition coefficient (Wildman–Crippen LogP) is 2.62. The molecular weight excluding hydrogens is 398 g/mol. The maximum Gasteiger partial charge on any atom is 0.323 e. The third-order valence-corrected chi connectivity index (χ3v) is 4.26. The number of carbonyl (C=O) groups is 4. The number of rotatable bonds is 12. The molecule has 1 rings (SSSR count). The van der Waals surface area contributed by atoms with E-state index in [9.17, 15) is 29.3 Å². The molecule has 0 unspecified atom stereocenters. The maximum atomic E-state index is 12.8. The number of Topliss-reactive ketones (excluding diaryl/α,β-unsaturated/α-hetero) is 1. The van der Waals surface area contributed by atoms with Gasteiger partial charge in [0.1, 0.15) is 0 Å². The van der Waals surface area contributed by atoms with Crippen LogP contribution < -0.4 is 0 Å². The highest BCUT2D eigenvalue weighted by Crippen LogP contribution is 2.34. The number of ether oxygens (including phenoxy) is 3. The van der Waals surface area contributed by atoms with Crippen molar-refractivity contribution in [1.29, 1.82) is 0 Å². The number of nitro benzene ring substituents is 1. The van der Waals surface area contributed by atoms with Crippen LogP contribution in [0.1, 0.15) is 50.4 Å². The van der Waals surface area contributed by atoms with Crippen molar-refractivity contribution in [2.24, 2.45) is 5.41 Å². The van der Waals surface area contributed by atoms with Gasteiger partial charge in [0.15, 0.2) is 11.2 Å². The number of hydrogen-bond acceptors (Lipinski definition) is 9. The molecule has 1 aromatic rings. The molecule has 0 radical (unpaired) electrons. The topological polar surface area (TPSA) is 139 Å². The van der Waals surface area contributed by atoms with Crippen LogP contribution in [0.5, 0.6) is 0 Å². The van der Waals surface area contributed by atoms with Gasteiger partial charge in [-0.3, -0.25) is 29.3 Å². The molecule has 0 aliphatic heterocycles. The Hall–Kier alpha value is -3.30. The zero-order chi connectivity index (χ0) is 22.7. The lowest BCUT2D eigenvalue weighted by molar-refractivity contribution is -0.384. The van der Waals surface area contributed by atoms with Crippen LogP contribution in [0.25, 0.3) is 0 Å². The first-order chi connectivity index (χ1) is 14.2. The molecule has 0 saturated carbocycles. The third-order valence-electron chi connectivity index (χ3n) is 4.26. The van der Waals surface area contributed by atoms with Gasteiger partial charge in [-0.05, 0) is 39.3 Å². The average molecular weight is 423 g/mol. The Kier molecular flexibility index (Phi) is 9.60. The summed E-state index contributed by atoms with van der Waals surface area (Å²) < 4.78 is 14.9. The summed E-state index contributed by atoms with van der Waals surface area (Å²) in [7, 11) is 0. The molecule has 164 valence electrons.